The number of guanidine groups is 1. The van der Waals surface area contributed by atoms with Crippen LogP contribution >= 0.6 is 35.6 Å². The number of benzene rings is 1. The number of halogens is 2. The fourth-order valence-electron chi connectivity index (χ4n) is 2.95. The van der Waals surface area contributed by atoms with Crippen LogP contribution in [0.15, 0.2) is 53.7 Å². The van der Waals surface area contributed by atoms with E-state index in [0.717, 1.165) is 42.7 Å². The summed E-state index contributed by atoms with van der Waals surface area (Å²) in [6, 6.07) is 14.3. The van der Waals surface area contributed by atoms with Crippen LogP contribution < -0.4 is 15.5 Å². The van der Waals surface area contributed by atoms with E-state index in [0.29, 0.717) is 12.6 Å². The Morgan fingerprint density at radius 3 is 2.92 bits per heavy atom. The Balaban J connectivity index is 0.00000243. The Hall–Kier alpha value is -1.54. The van der Waals surface area contributed by atoms with Crippen LogP contribution in [0.4, 0.5) is 5.69 Å². The van der Waals surface area contributed by atoms with Crippen molar-refractivity contribution in [1.82, 2.24) is 15.6 Å². The second kappa shape index (κ2) is 10.6. The Bertz CT molecular complexity index is 710. The Morgan fingerprint density at radius 2 is 2.19 bits per heavy atom. The molecule has 1 atom stereocenters. The summed E-state index contributed by atoms with van der Waals surface area (Å²) in [5, 5.41) is 7.63. The highest BCUT2D eigenvalue weighted by atomic mass is 127. The zero-order chi connectivity index (χ0) is 17.5. The number of pyridine rings is 1. The predicted molar refractivity (Wildman–Crippen MR) is 120 cm³/mol. The molecular formula is C19H25ClIN5. The first-order valence-corrected chi connectivity index (χ1v) is 9.07. The molecule has 1 fully saturated rings. The first-order valence-electron chi connectivity index (χ1n) is 8.70. The predicted octanol–water partition coefficient (Wildman–Crippen LogP) is 3.69. The van der Waals surface area contributed by atoms with Gasteiger partial charge in [-0.3, -0.25) is 4.98 Å². The SMILES string of the molecule is CCNC(=NCc1ccccn1)NC1CCN(c2cccc(Cl)c2)C1.I. The van der Waals surface area contributed by atoms with Gasteiger partial charge in [0.15, 0.2) is 5.96 Å². The van der Waals surface area contributed by atoms with Gasteiger partial charge >= 0.3 is 0 Å². The van der Waals surface area contributed by atoms with E-state index in [1.54, 1.807) is 6.20 Å². The fourth-order valence-corrected chi connectivity index (χ4v) is 3.14. The van der Waals surface area contributed by atoms with Gasteiger partial charge in [0.2, 0.25) is 0 Å². The Morgan fingerprint density at radius 1 is 1.31 bits per heavy atom. The lowest BCUT2D eigenvalue weighted by Gasteiger charge is -2.20. The van der Waals surface area contributed by atoms with Crippen molar-refractivity contribution in [2.75, 3.05) is 24.5 Å². The molecule has 2 N–H and O–H groups in total. The second-order valence-electron chi connectivity index (χ2n) is 6.07. The molecule has 2 heterocycles. The molecule has 7 heteroatoms. The molecule has 1 aromatic carbocycles. The molecule has 0 radical (unpaired) electrons. The van der Waals surface area contributed by atoms with E-state index in [2.05, 4.69) is 38.5 Å². The second-order valence-corrected chi connectivity index (χ2v) is 6.51. The topological polar surface area (TPSA) is 52.6 Å². The summed E-state index contributed by atoms with van der Waals surface area (Å²) in [6.07, 6.45) is 2.87. The zero-order valence-corrected chi connectivity index (χ0v) is 17.9. The first kappa shape index (κ1) is 20.8. The zero-order valence-electron chi connectivity index (χ0n) is 14.9. The van der Waals surface area contributed by atoms with Crippen molar-refractivity contribution < 1.29 is 0 Å². The molecule has 140 valence electrons. The number of aliphatic imine (C=N–C) groups is 1. The van der Waals surface area contributed by atoms with Crippen LogP contribution in [0.25, 0.3) is 0 Å². The van der Waals surface area contributed by atoms with Crippen LogP contribution in [-0.4, -0.2) is 36.6 Å². The minimum atomic E-state index is 0. The monoisotopic (exact) mass is 485 g/mol. The Labute approximate surface area is 177 Å². The van der Waals surface area contributed by atoms with E-state index in [9.17, 15) is 0 Å². The van der Waals surface area contributed by atoms with Gasteiger partial charge in [0.05, 0.1) is 12.2 Å². The van der Waals surface area contributed by atoms with Crippen molar-refractivity contribution in [3.05, 3.63) is 59.4 Å². The van der Waals surface area contributed by atoms with Crippen LogP contribution in [0.3, 0.4) is 0 Å². The molecule has 2 aromatic rings. The van der Waals surface area contributed by atoms with E-state index < -0.39 is 0 Å². The molecule has 5 nitrogen and oxygen atoms in total. The lowest BCUT2D eigenvalue weighted by Crippen LogP contribution is -2.44. The lowest BCUT2D eigenvalue weighted by molar-refractivity contribution is 0.649. The molecule has 0 bridgehead atoms. The third-order valence-corrected chi connectivity index (χ3v) is 4.41. The molecule has 0 saturated carbocycles. The average molecular weight is 486 g/mol. The summed E-state index contributed by atoms with van der Waals surface area (Å²) in [5.41, 5.74) is 2.14. The van der Waals surface area contributed by atoms with E-state index >= 15 is 0 Å². The van der Waals surface area contributed by atoms with Crippen molar-refractivity contribution in [3.63, 3.8) is 0 Å². The smallest absolute Gasteiger partial charge is 0.191 e. The summed E-state index contributed by atoms with van der Waals surface area (Å²) in [5.74, 6) is 0.839. The number of aromatic nitrogens is 1. The quantitative estimate of drug-likeness (QED) is 0.385. The van der Waals surface area contributed by atoms with Crippen LogP contribution in [-0.2, 0) is 6.54 Å². The molecule has 1 unspecified atom stereocenters. The van der Waals surface area contributed by atoms with Gasteiger partial charge in [-0.2, -0.15) is 0 Å². The van der Waals surface area contributed by atoms with Gasteiger partial charge in [0.25, 0.3) is 0 Å². The van der Waals surface area contributed by atoms with Crippen LogP contribution in [0, 0.1) is 0 Å². The molecule has 0 spiro atoms. The van der Waals surface area contributed by atoms with Gasteiger partial charge in [-0.05, 0) is 43.7 Å². The summed E-state index contributed by atoms with van der Waals surface area (Å²) in [6.45, 7) is 5.43. The number of nitrogens with zero attached hydrogens (tertiary/aromatic N) is 3. The van der Waals surface area contributed by atoms with Crippen LogP contribution in [0.1, 0.15) is 19.0 Å². The number of rotatable bonds is 5. The minimum absolute atomic E-state index is 0. The third-order valence-electron chi connectivity index (χ3n) is 4.17. The highest BCUT2D eigenvalue weighted by Gasteiger charge is 2.23. The van der Waals surface area contributed by atoms with Crippen molar-refractivity contribution in [2.45, 2.75) is 25.9 Å². The molecule has 0 amide bonds. The Kier molecular flexibility index (Phi) is 8.44. The van der Waals surface area contributed by atoms with Gasteiger partial charge in [0, 0.05) is 42.6 Å². The molecule has 1 aliphatic heterocycles. The molecular weight excluding hydrogens is 461 g/mol. The van der Waals surface area contributed by atoms with Crippen LogP contribution in [0.2, 0.25) is 5.02 Å². The summed E-state index contributed by atoms with van der Waals surface area (Å²) < 4.78 is 0. The van der Waals surface area contributed by atoms with Crippen molar-refractivity contribution in [1.29, 1.82) is 0 Å². The molecule has 1 aromatic heterocycles. The maximum absolute atomic E-state index is 6.11. The van der Waals surface area contributed by atoms with Crippen molar-refractivity contribution in [2.24, 2.45) is 4.99 Å². The number of anilines is 1. The summed E-state index contributed by atoms with van der Waals surface area (Å²) >= 11 is 6.11. The molecule has 26 heavy (non-hydrogen) atoms. The molecule has 1 saturated heterocycles. The highest BCUT2D eigenvalue weighted by molar-refractivity contribution is 14.0. The van der Waals surface area contributed by atoms with Gasteiger partial charge < -0.3 is 15.5 Å². The van der Waals surface area contributed by atoms with Crippen molar-refractivity contribution in [3.8, 4) is 0 Å². The van der Waals surface area contributed by atoms with Gasteiger partial charge in [-0.15, -0.1) is 24.0 Å². The first-order chi connectivity index (χ1) is 12.2. The number of nitrogens with one attached hydrogen (secondary N) is 2. The standard InChI is InChI=1S/C19H24ClN5.HI/c1-2-21-19(23-13-16-7-3-4-10-22-16)24-17-9-11-25(14-17)18-8-5-6-15(20)12-18;/h3-8,10,12,17H,2,9,11,13-14H2,1H3,(H2,21,23,24);1H. The fraction of sp³-hybridized carbons (Fsp3) is 0.368. The van der Waals surface area contributed by atoms with E-state index in [1.807, 2.05) is 36.4 Å². The van der Waals surface area contributed by atoms with E-state index in [-0.39, 0.29) is 24.0 Å². The lowest BCUT2D eigenvalue weighted by atomic mass is 10.2. The van der Waals surface area contributed by atoms with Crippen molar-refractivity contribution >= 4 is 47.2 Å². The maximum Gasteiger partial charge on any atom is 0.191 e. The molecule has 3 rings (SSSR count). The van der Waals surface area contributed by atoms with Gasteiger partial charge in [-0.25, -0.2) is 4.99 Å². The number of hydrogen-bond donors (Lipinski definition) is 2. The molecule has 0 aliphatic carbocycles. The number of hydrogen-bond acceptors (Lipinski definition) is 3. The van der Waals surface area contributed by atoms with Crippen LogP contribution in [0.5, 0.6) is 0 Å². The van der Waals surface area contributed by atoms with Gasteiger partial charge in [0.1, 0.15) is 0 Å². The summed E-state index contributed by atoms with van der Waals surface area (Å²) in [7, 11) is 0. The normalized spacial score (nSPS) is 16.9. The minimum Gasteiger partial charge on any atom is -0.369 e. The van der Waals surface area contributed by atoms with Gasteiger partial charge in [-0.1, -0.05) is 23.7 Å². The summed E-state index contributed by atoms with van der Waals surface area (Å²) in [4.78, 5) is 11.3. The average Bonchev–Trinajstić information content (AvgIpc) is 3.09. The van der Waals surface area contributed by atoms with E-state index in [1.165, 1.54) is 5.69 Å². The third kappa shape index (κ3) is 6.02. The maximum atomic E-state index is 6.11. The van der Waals surface area contributed by atoms with E-state index in [4.69, 9.17) is 11.6 Å². The highest BCUT2D eigenvalue weighted by Crippen LogP contribution is 2.23. The largest absolute Gasteiger partial charge is 0.369 e. The molecule has 1 aliphatic rings.